The van der Waals surface area contributed by atoms with Crippen LogP contribution in [-0.4, -0.2) is 29.2 Å². The molecule has 5 heteroatoms. The van der Waals surface area contributed by atoms with E-state index in [2.05, 4.69) is 15.9 Å². The largest absolute Gasteiger partial charge is 0.334 e. The van der Waals surface area contributed by atoms with E-state index in [4.69, 9.17) is 0 Å². The summed E-state index contributed by atoms with van der Waals surface area (Å²) in [6, 6.07) is 3.92. The lowest BCUT2D eigenvalue weighted by Crippen LogP contribution is -2.43. The van der Waals surface area contributed by atoms with Crippen molar-refractivity contribution in [3.8, 4) is 0 Å². The highest BCUT2D eigenvalue weighted by molar-refractivity contribution is 9.11. The first kappa shape index (κ1) is 14.3. The Labute approximate surface area is 131 Å². The number of carbonyl (C=O) groups is 2. The highest BCUT2D eigenvalue weighted by Gasteiger charge is 2.39. The molecule has 0 N–H and O–H groups in total. The van der Waals surface area contributed by atoms with E-state index < -0.39 is 0 Å². The Bertz CT molecular complexity index is 528. The lowest BCUT2D eigenvalue weighted by atomic mass is 9.82. The van der Waals surface area contributed by atoms with Gasteiger partial charge in [0.1, 0.15) is 5.78 Å². The average Bonchev–Trinajstić information content (AvgIpc) is 3.07. The lowest BCUT2D eigenvalue weighted by Gasteiger charge is -2.32. The van der Waals surface area contributed by atoms with Crippen molar-refractivity contribution < 1.29 is 9.59 Å². The standard InChI is InChI=1S/C15H18BrNO2S/c16-14-8-7-13(20-14)15(19)17-9-3-5-11(17)10-4-1-2-6-12(10)18/h7-8,10-11H,1-6,9H2. The summed E-state index contributed by atoms with van der Waals surface area (Å²) >= 11 is 4.88. The van der Waals surface area contributed by atoms with Crippen molar-refractivity contribution in [3.63, 3.8) is 0 Å². The zero-order chi connectivity index (χ0) is 14.1. The van der Waals surface area contributed by atoms with Crippen LogP contribution in [0.4, 0.5) is 0 Å². The summed E-state index contributed by atoms with van der Waals surface area (Å²) in [5.41, 5.74) is 0. The molecule has 0 aromatic carbocycles. The van der Waals surface area contributed by atoms with Gasteiger partial charge in [-0.25, -0.2) is 0 Å². The van der Waals surface area contributed by atoms with Crippen LogP contribution in [0.5, 0.6) is 0 Å². The molecule has 0 radical (unpaired) electrons. The third-order valence-corrected chi connectivity index (χ3v) is 6.02. The SMILES string of the molecule is O=C1CCCCC1C1CCCN1C(=O)c1ccc(Br)s1. The van der Waals surface area contributed by atoms with Crippen LogP contribution < -0.4 is 0 Å². The van der Waals surface area contributed by atoms with Crippen LogP contribution in [0.2, 0.25) is 0 Å². The maximum absolute atomic E-state index is 12.6. The number of rotatable bonds is 2. The Morgan fingerprint density at radius 2 is 2.10 bits per heavy atom. The quantitative estimate of drug-likeness (QED) is 0.807. The summed E-state index contributed by atoms with van der Waals surface area (Å²) in [5, 5.41) is 0. The molecule has 2 unspecified atom stereocenters. The second-order valence-corrected chi connectivity index (χ2v) is 8.09. The van der Waals surface area contributed by atoms with E-state index in [1.165, 1.54) is 11.3 Å². The van der Waals surface area contributed by atoms with Gasteiger partial charge in [-0.1, -0.05) is 6.42 Å². The number of carbonyl (C=O) groups excluding carboxylic acids is 2. The molecule has 1 aromatic heterocycles. The van der Waals surface area contributed by atoms with Gasteiger partial charge in [0.15, 0.2) is 0 Å². The van der Waals surface area contributed by atoms with E-state index in [1.54, 1.807) is 0 Å². The molecule has 1 saturated carbocycles. The number of hydrogen-bond donors (Lipinski definition) is 0. The maximum Gasteiger partial charge on any atom is 0.264 e. The summed E-state index contributed by atoms with van der Waals surface area (Å²) in [4.78, 5) is 27.5. The fourth-order valence-electron chi connectivity index (χ4n) is 3.45. The van der Waals surface area contributed by atoms with Gasteiger partial charge in [-0.15, -0.1) is 11.3 Å². The van der Waals surface area contributed by atoms with Gasteiger partial charge in [0.25, 0.3) is 5.91 Å². The van der Waals surface area contributed by atoms with Crippen LogP contribution >= 0.6 is 27.3 Å². The van der Waals surface area contributed by atoms with Gasteiger partial charge in [-0.05, 0) is 53.7 Å². The minimum Gasteiger partial charge on any atom is -0.334 e. The molecular formula is C15H18BrNO2S. The number of nitrogens with zero attached hydrogens (tertiary/aromatic N) is 1. The number of halogens is 1. The van der Waals surface area contributed by atoms with E-state index >= 15 is 0 Å². The van der Waals surface area contributed by atoms with Crippen LogP contribution in [0.25, 0.3) is 0 Å². The Kier molecular flexibility index (Phi) is 4.26. The fraction of sp³-hybridized carbons (Fsp3) is 0.600. The van der Waals surface area contributed by atoms with Gasteiger partial charge in [-0.2, -0.15) is 0 Å². The second kappa shape index (κ2) is 5.98. The van der Waals surface area contributed by atoms with E-state index in [0.29, 0.717) is 12.2 Å². The van der Waals surface area contributed by atoms with Crippen molar-refractivity contribution >= 4 is 39.0 Å². The Morgan fingerprint density at radius 1 is 1.25 bits per heavy atom. The van der Waals surface area contributed by atoms with Crippen LogP contribution in [0, 0.1) is 5.92 Å². The zero-order valence-corrected chi connectivity index (χ0v) is 13.7. The molecule has 0 spiro atoms. The van der Waals surface area contributed by atoms with Gasteiger partial charge >= 0.3 is 0 Å². The molecule has 2 fully saturated rings. The molecule has 3 rings (SSSR count). The molecule has 20 heavy (non-hydrogen) atoms. The van der Waals surface area contributed by atoms with Crippen LogP contribution in [0.1, 0.15) is 48.2 Å². The molecule has 108 valence electrons. The summed E-state index contributed by atoms with van der Waals surface area (Å²) in [5.74, 6) is 0.550. The van der Waals surface area contributed by atoms with Crippen molar-refractivity contribution in [3.05, 3.63) is 20.8 Å². The number of amides is 1. The molecule has 0 bridgehead atoms. The summed E-state index contributed by atoms with van der Waals surface area (Å²) < 4.78 is 0.977. The molecule has 1 aliphatic carbocycles. The summed E-state index contributed by atoms with van der Waals surface area (Å²) in [7, 11) is 0. The van der Waals surface area contributed by atoms with Gasteiger partial charge in [0.05, 0.1) is 8.66 Å². The van der Waals surface area contributed by atoms with Crippen molar-refractivity contribution in [2.24, 2.45) is 5.92 Å². The van der Waals surface area contributed by atoms with Gasteiger partial charge in [0.2, 0.25) is 0 Å². The van der Waals surface area contributed by atoms with Gasteiger partial charge < -0.3 is 4.90 Å². The molecular weight excluding hydrogens is 338 g/mol. The van der Waals surface area contributed by atoms with Crippen LogP contribution in [-0.2, 0) is 4.79 Å². The number of ketones is 1. The zero-order valence-electron chi connectivity index (χ0n) is 11.3. The van der Waals surface area contributed by atoms with Crippen LogP contribution in [0.3, 0.4) is 0 Å². The van der Waals surface area contributed by atoms with E-state index in [9.17, 15) is 9.59 Å². The van der Waals surface area contributed by atoms with E-state index in [-0.39, 0.29) is 17.9 Å². The lowest BCUT2D eigenvalue weighted by molar-refractivity contribution is -0.126. The number of likely N-dealkylation sites (tertiary alicyclic amines) is 1. The Morgan fingerprint density at radius 3 is 2.80 bits per heavy atom. The highest BCUT2D eigenvalue weighted by Crippen LogP contribution is 2.34. The van der Waals surface area contributed by atoms with Crippen molar-refractivity contribution in [1.29, 1.82) is 0 Å². The van der Waals surface area contributed by atoms with Crippen LogP contribution in [0.15, 0.2) is 15.9 Å². The van der Waals surface area contributed by atoms with Gasteiger partial charge in [-0.3, -0.25) is 9.59 Å². The predicted octanol–water partition coefficient (Wildman–Crippen LogP) is 3.87. The molecule has 3 nitrogen and oxygen atoms in total. The topological polar surface area (TPSA) is 37.4 Å². The molecule has 1 aliphatic heterocycles. The van der Waals surface area contributed by atoms with Crippen molar-refractivity contribution in [2.45, 2.75) is 44.6 Å². The first-order valence-corrected chi connectivity index (χ1v) is 8.87. The normalized spacial score (nSPS) is 27.1. The minimum absolute atomic E-state index is 0.0820. The number of Topliss-reactive ketones (excluding diaryl/α,β-unsaturated/α-hetero) is 1. The Hall–Kier alpha value is -0.680. The minimum atomic E-state index is 0.0820. The van der Waals surface area contributed by atoms with Crippen molar-refractivity contribution in [1.82, 2.24) is 4.90 Å². The smallest absolute Gasteiger partial charge is 0.264 e. The number of thiophene rings is 1. The Balaban J connectivity index is 1.78. The molecule has 1 saturated heterocycles. The highest BCUT2D eigenvalue weighted by atomic mass is 79.9. The molecule has 2 atom stereocenters. The third kappa shape index (κ3) is 2.70. The second-order valence-electron chi connectivity index (χ2n) is 5.63. The number of hydrogen-bond acceptors (Lipinski definition) is 3. The maximum atomic E-state index is 12.6. The molecule has 2 aliphatic rings. The monoisotopic (exact) mass is 355 g/mol. The first-order chi connectivity index (χ1) is 9.66. The molecule has 1 amide bonds. The van der Waals surface area contributed by atoms with E-state index in [1.807, 2.05) is 17.0 Å². The molecule has 1 aromatic rings. The third-order valence-electron chi connectivity index (χ3n) is 4.41. The average molecular weight is 356 g/mol. The molecule has 2 heterocycles. The summed E-state index contributed by atoms with van der Waals surface area (Å²) in [6.07, 6.45) is 5.81. The first-order valence-electron chi connectivity index (χ1n) is 7.26. The predicted molar refractivity (Wildman–Crippen MR) is 83.0 cm³/mol. The fourth-order valence-corrected chi connectivity index (χ4v) is 4.79. The van der Waals surface area contributed by atoms with E-state index in [0.717, 1.165) is 47.3 Å². The van der Waals surface area contributed by atoms with Gasteiger partial charge in [0, 0.05) is 24.9 Å². The summed E-state index contributed by atoms with van der Waals surface area (Å²) in [6.45, 7) is 0.794. The van der Waals surface area contributed by atoms with Crippen molar-refractivity contribution in [2.75, 3.05) is 6.54 Å².